The summed E-state index contributed by atoms with van der Waals surface area (Å²) < 4.78 is 10.2. The molecule has 2 amide bonds. The van der Waals surface area contributed by atoms with Crippen LogP contribution in [-0.4, -0.2) is 31.3 Å². The van der Waals surface area contributed by atoms with Crippen molar-refractivity contribution >= 4 is 17.7 Å². The quantitative estimate of drug-likeness (QED) is 0.837. The van der Waals surface area contributed by atoms with Gasteiger partial charge in [-0.25, -0.2) is 4.79 Å². The molecule has 20 heavy (non-hydrogen) atoms. The van der Waals surface area contributed by atoms with E-state index in [0.717, 1.165) is 0 Å². The van der Waals surface area contributed by atoms with Crippen LogP contribution in [0.5, 0.6) is 5.75 Å². The molecule has 0 saturated heterocycles. The molecule has 0 aromatic heterocycles. The molecule has 6 nitrogen and oxygen atoms in total. The standard InChI is InChI=1S/C14H20N2O4/c1-4-19-14(18)15-9-13(17)16-11-7-5-6-8-12(11)20-10(2)3/h5-8,10H,4,9H2,1-3H3,(H,15,18)(H,16,17). The largest absolute Gasteiger partial charge is 0.489 e. The lowest BCUT2D eigenvalue weighted by Crippen LogP contribution is -2.33. The summed E-state index contributed by atoms with van der Waals surface area (Å²) in [7, 11) is 0. The van der Waals surface area contributed by atoms with E-state index < -0.39 is 6.09 Å². The number of nitrogens with one attached hydrogen (secondary N) is 2. The molecule has 0 heterocycles. The summed E-state index contributed by atoms with van der Waals surface area (Å²) in [6.45, 7) is 5.61. The lowest BCUT2D eigenvalue weighted by Gasteiger charge is -2.14. The fourth-order valence-corrected chi connectivity index (χ4v) is 1.46. The maximum absolute atomic E-state index is 11.7. The Labute approximate surface area is 118 Å². The molecular formula is C14H20N2O4. The van der Waals surface area contributed by atoms with Gasteiger partial charge in [-0.3, -0.25) is 4.79 Å². The average Bonchev–Trinajstić information content (AvgIpc) is 2.38. The Morgan fingerprint density at radius 3 is 2.60 bits per heavy atom. The molecule has 1 aromatic rings. The smallest absolute Gasteiger partial charge is 0.407 e. The van der Waals surface area contributed by atoms with E-state index >= 15 is 0 Å². The Hall–Kier alpha value is -2.24. The van der Waals surface area contributed by atoms with Crippen molar-refractivity contribution in [2.45, 2.75) is 26.9 Å². The molecule has 0 radical (unpaired) electrons. The highest BCUT2D eigenvalue weighted by Gasteiger charge is 2.10. The molecule has 0 bridgehead atoms. The third kappa shape index (κ3) is 5.60. The highest BCUT2D eigenvalue weighted by Crippen LogP contribution is 2.24. The van der Waals surface area contributed by atoms with E-state index in [2.05, 4.69) is 15.4 Å². The molecule has 0 fully saturated rings. The van der Waals surface area contributed by atoms with Crippen LogP contribution in [0.4, 0.5) is 10.5 Å². The van der Waals surface area contributed by atoms with Gasteiger partial charge in [-0.1, -0.05) is 12.1 Å². The fraction of sp³-hybridized carbons (Fsp3) is 0.429. The van der Waals surface area contributed by atoms with Crippen LogP contribution < -0.4 is 15.4 Å². The zero-order valence-corrected chi connectivity index (χ0v) is 11.9. The SMILES string of the molecule is CCOC(=O)NCC(=O)Nc1ccccc1OC(C)C. The first-order valence-electron chi connectivity index (χ1n) is 6.49. The first-order chi connectivity index (χ1) is 9.52. The number of para-hydroxylation sites is 2. The summed E-state index contributed by atoms with van der Waals surface area (Å²) in [5.41, 5.74) is 0.567. The summed E-state index contributed by atoms with van der Waals surface area (Å²) in [4.78, 5) is 22.8. The number of carbonyl (C=O) groups is 2. The van der Waals surface area contributed by atoms with Gasteiger partial charge in [-0.2, -0.15) is 0 Å². The topological polar surface area (TPSA) is 76.7 Å². The lowest BCUT2D eigenvalue weighted by molar-refractivity contribution is -0.115. The van der Waals surface area contributed by atoms with E-state index in [1.54, 1.807) is 25.1 Å². The fourth-order valence-electron chi connectivity index (χ4n) is 1.46. The van der Waals surface area contributed by atoms with Crippen LogP contribution >= 0.6 is 0 Å². The molecule has 0 atom stereocenters. The number of anilines is 1. The molecule has 110 valence electrons. The van der Waals surface area contributed by atoms with Crippen LogP contribution in [0, 0.1) is 0 Å². The van der Waals surface area contributed by atoms with Crippen molar-refractivity contribution < 1.29 is 19.1 Å². The third-order valence-electron chi connectivity index (χ3n) is 2.19. The number of carbonyl (C=O) groups excluding carboxylic acids is 2. The Morgan fingerprint density at radius 2 is 1.95 bits per heavy atom. The van der Waals surface area contributed by atoms with Gasteiger partial charge in [-0.15, -0.1) is 0 Å². The van der Waals surface area contributed by atoms with Gasteiger partial charge in [0.1, 0.15) is 12.3 Å². The molecule has 0 aliphatic carbocycles. The highest BCUT2D eigenvalue weighted by atomic mass is 16.5. The van der Waals surface area contributed by atoms with Gasteiger partial charge in [0.15, 0.2) is 0 Å². The van der Waals surface area contributed by atoms with Crippen molar-refractivity contribution in [1.82, 2.24) is 5.32 Å². The van der Waals surface area contributed by atoms with E-state index in [-0.39, 0.29) is 25.2 Å². The van der Waals surface area contributed by atoms with Crippen LogP contribution in [0.25, 0.3) is 0 Å². The minimum absolute atomic E-state index is 0.00529. The molecule has 0 aliphatic rings. The second-order valence-electron chi connectivity index (χ2n) is 4.28. The molecule has 0 saturated carbocycles. The van der Waals surface area contributed by atoms with E-state index in [0.29, 0.717) is 11.4 Å². The van der Waals surface area contributed by atoms with Crippen LogP contribution in [0.15, 0.2) is 24.3 Å². The van der Waals surface area contributed by atoms with Crippen LogP contribution in [-0.2, 0) is 9.53 Å². The number of ether oxygens (including phenoxy) is 2. The van der Waals surface area contributed by atoms with Crippen molar-refractivity contribution in [3.8, 4) is 5.75 Å². The second kappa shape index (κ2) is 8.04. The maximum atomic E-state index is 11.7. The summed E-state index contributed by atoms with van der Waals surface area (Å²) in [6, 6.07) is 7.13. The number of hydrogen-bond acceptors (Lipinski definition) is 4. The monoisotopic (exact) mass is 280 g/mol. The highest BCUT2D eigenvalue weighted by molar-refractivity contribution is 5.95. The van der Waals surface area contributed by atoms with Gasteiger partial charge in [0.2, 0.25) is 5.91 Å². The van der Waals surface area contributed by atoms with Crippen LogP contribution in [0.1, 0.15) is 20.8 Å². The number of amides is 2. The van der Waals surface area contributed by atoms with Gasteiger partial charge >= 0.3 is 6.09 Å². The number of benzene rings is 1. The molecule has 1 rings (SSSR count). The molecular weight excluding hydrogens is 260 g/mol. The van der Waals surface area contributed by atoms with Crippen LogP contribution in [0.3, 0.4) is 0 Å². The van der Waals surface area contributed by atoms with Crippen molar-refractivity contribution in [3.05, 3.63) is 24.3 Å². The van der Waals surface area contributed by atoms with Gasteiger partial charge < -0.3 is 20.1 Å². The van der Waals surface area contributed by atoms with E-state index in [1.807, 2.05) is 19.9 Å². The number of rotatable bonds is 6. The minimum atomic E-state index is -0.616. The molecule has 2 N–H and O–H groups in total. The van der Waals surface area contributed by atoms with Gasteiger partial charge in [0, 0.05) is 0 Å². The molecule has 0 unspecified atom stereocenters. The van der Waals surface area contributed by atoms with Crippen molar-refractivity contribution in [1.29, 1.82) is 0 Å². The Kier molecular flexibility index (Phi) is 6.36. The average molecular weight is 280 g/mol. The van der Waals surface area contributed by atoms with E-state index in [1.165, 1.54) is 0 Å². The summed E-state index contributed by atoms with van der Waals surface area (Å²) in [6.07, 6.45) is -0.611. The first-order valence-corrected chi connectivity index (χ1v) is 6.49. The lowest BCUT2D eigenvalue weighted by atomic mass is 10.3. The maximum Gasteiger partial charge on any atom is 0.407 e. The van der Waals surface area contributed by atoms with Crippen molar-refractivity contribution in [2.75, 3.05) is 18.5 Å². The molecule has 1 aromatic carbocycles. The first kappa shape index (κ1) is 15.8. The van der Waals surface area contributed by atoms with Crippen molar-refractivity contribution in [3.63, 3.8) is 0 Å². The summed E-state index contributed by atoms with van der Waals surface area (Å²) in [5, 5.41) is 5.03. The predicted molar refractivity (Wildman–Crippen MR) is 75.9 cm³/mol. The Bertz CT molecular complexity index is 460. The van der Waals surface area contributed by atoms with Gasteiger partial charge in [0.05, 0.1) is 18.4 Å². The van der Waals surface area contributed by atoms with Crippen molar-refractivity contribution in [2.24, 2.45) is 0 Å². The summed E-state index contributed by atoms with van der Waals surface area (Å²) in [5.74, 6) is 0.241. The van der Waals surface area contributed by atoms with E-state index in [4.69, 9.17) is 4.74 Å². The Balaban J connectivity index is 2.55. The predicted octanol–water partition coefficient (Wildman–Crippen LogP) is 2.16. The number of alkyl carbamates (subject to hydrolysis) is 1. The van der Waals surface area contributed by atoms with Gasteiger partial charge in [0.25, 0.3) is 0 Å². The normalized spacial score (nSPS) is 10.0. The molecule has 0 spiro atoms. The minimum Gasteiger partial charge on any atom is -0.489 e. The third-order valence-corrected chi connectivity index (χ3v) is 2.19. The van der Waals surface area contributed by atoms with E-state index in [9.17, 15) is 9.59 Å². The molecule has 0 aliphatic heterocycles. The zero-order valence-electron chi connectivity index (χ0n) is 11.9. The number of hydrogen-bond donors (Lipinski definition) is 2. The summed E-state index contributed by atoms with van der Waals surface area (Å²) >= 11 is 0. The zero-order chi connectivity index (χ0) is 15.0. The molecule has 6 heteroatoms. The Morgan fingerprint density at radius 1 is 1.25 bits per heavy atom. The second-order valence-corrected chi connectivity index (χ2v) is 4.28. The van der Waals surface area contributed by atoms with Gasteiger partial charge in [-0.05, 0) is 32.9 Å². The van der Waals surface area contributed by atoms with Crippen LogP contribution in [0.2, 0.25) is 0 Å².